The highest BCUT2D eigenvalue weighted by Crippen LogP contribution is 2.48. The number of likely N-dealkylation sites (N-methyl/N-ethyl adjacent to an activating group) is 1. The zero-order valence-electron chi connectivity index (χ0n) is 10.3. The molecule has 0 saturated heterocycles. The Labute approximate surface area is 106 Å². The van der Waals surface area contributed by atoms with E-state index in [1.165, 1.54) is 0 Å². The molecule has 1 fully saturated rings. The molecule has 0 aromatic heterocycles. The molecule has 1 N–H and O–H groups in total. The van der Waals surface area contributed by atoms with Gasteiger partial charge < -0.3 is 5.32 Å². The van der Waals surface area contributed by atoms with Crippen molar-refractivity contribution < 1.29 is 9.59 Å². The molecule has 0 heterocycles. The van der Waals surface area contributed by atoms with Crippen molar-refractivity contribution in [3.8, 4) is 0 Å². The molecule has 1 aromatic carbocycles. The van der Waals surface area contributed by atoms with Crippen LogP contribution in [0.4, 0.5) is 0 Å². The SMILES string of the molecule is CCNC(=O)C1=C(C2CC2)c2ccccc2C1=O. The molecule has 18 heavy (non-hydrogen) atoms. The normalized spacial score (nSPS) is 17.9. The van der Waals surface area contributed by atoms with Crippen LogP contribution in [0.1, 0.15) is 35.7 Å². The number of rotatable bonds is 3. The van der Waals surface area contributed by atoms with E-state index in [2.05, 4.69) is 5.32 Å². The number of benzene rings is 1. The summed E-state index contributed by atoms with van der Waals surface area (Å²) in [5, 5.41) is 2.75. The van der Waals surface area contributed by atoms with E-state index in [1.807, 2.05) is 31.2 Å². The predicted octanol–water partition coefficient (Wildman–Crippen LogP) is 2.18. The molecule has 2 aliphatic rings. The van der Waals surface area contributed by atoms with Gasteiger partial charge in [0.25, 0.3) is 5.91 Å². The molecule has 3 nitrogen and oxygen atoms in total. The molecule has 0 atom stereocenters. The maximum absolute atomic E-state index is 12.3. The van der Waals surface area contributed by atoms with Gasteiger partial charge in [0.05, 0.1) is 5.57 Å². The number of amides is 1. The second-order valence-corrected chi connectivity index (χ2v) is 4.80. The van der Waals surface area contributed by atoms with Crippen LogP contribution < -0.4 is 5.32 Å². The highest BCUT2D eigenvalue weighted by molar-refractivity contribution is 6.34. The molecule has 92 valence electrons. The average molecular weight is 241 g/mol. The van der Waals surface area contributed by atoms with E-state index < -0.39 is 0 Å². The number of carbonyl (C=O) groups is 2. The Bertz CT molecular complexity index is 568. The summed E-state index contributed by atoms with van der Waals surface area (Å²) in [6, 6.07) is 7.54. The summed E-state index contributed by atoms with van der Waals surface area (Å²) in [4.78, 5) is 24.4. The lowest BCUT2D eigenvalue weighted by Gasteiger charge is -2.05. The number of carbonyl (C=O) groups excluding carboxylic acids is 2. The van der Waals surface area contributed by atoms with Gasteiger partial charge in [0.15, 0.2) is 5.78 Å². The van der Waals surface area contributed by atoms with Gasteiger partial charge in [-0.3, -0.25) is 9.59 Å². The van der Waals surface area contributed by atoms with Gasteiger partial charge in [-0.25, -0.2) is 0 Å². The van der Waals surface area contributed by atoms with E-state index in [4.69, 9.17) is 0 Å². The number of Topliss-reactive ketones (excluding diaryl/α,β-unsaturated/α-hetero) is 1. The third kappa shape index (κ3) is 1.58. The van der Waals surface area contributed by atoms with Gasteiger partial charge in [-0.15, -0.1) is 0 Å². The van der Waals surface area contributed by atoms with Crippen LogP contribution in [0.5, 0.6) is 0 Å². The summed E-state index contributed by atoms with van der Waals surface area (Å²) in [7, 11) is 0. The Balaban J connectivity index is 2.12. The number of hydrogen-bond donors (Lipinski definition) is 1. The molecular formula is C15H15NO2. The summed E-state index contributed by atoms with van der Waals surface area (Å²) in [6.07, 6.45) is 2.17. The van der Waals surface area contributed by atoms with Crippen LogP contribution in [-0.2, 0) is 4.79 Å². The number of nitrogens with one attached hydrogen (secondary N) is 1. The molecule has 0 bridgehead atoms. The molecule has 1 saturated carbocycles. The third-order valence-corrected chi connectivity index (χ3v) is 3.51. The first-order chi connectivity index (χ1) is 8.74. The van der Waals surface area contributed by atoms with Crippen LogP contribution in [0, 0.1) is 5.92 Å². The number of allylic oxidation sites excluding steroid dienone is 1. The number of fused-ring (bicyclic) bond motifs is 1. The lowest BCUT2D eigenvalue weighted by Crippen LogP contribution is -2.27. The Morgan fingerprint density at radius 2 is 1.94 bits per heavy atom. The zero-order valence-corrected chi connectivity index (χ0v) is 10.3. The van der Waals surface area contributed by atoms with Crippen molar-refractivity contribution in [2.75, 3.05) is 6.54 Å². The minimum atomic E-state index is -0.222. The highest BCUT2D eigenvalue weighted by atomic mass is 16.2. The van der Waals surface area contributed by atoms with Gasteiger partial charge in [0, 0.05) is 12.1 Å². The van der Waals surface area contributed by atoms with Crippen LogP contribution >= 0.6 is 0 Å². The first-order valence-electron chi connectivity index (χ1n) is 6.40. The minimum absolute atomic E-state index is 0.113. The maximum atomic E-state index is 12.3. The Morgan fingerprint density at radius 3 is 2.56 bits per heavy atom. The van der Waals surface area contributed by atoms with Crippen LogP contribution in [0.3, 0.4) is 0 Å². The van der Waals surface area contributed by atoms with E-state index in [0.717, 1.165) is 24.0 Å². The molecule has 3 rings (SSSR count). The van der Waals surface area contributed by atoms with Crippen molar-refractivity contribution in [1.82, 2.24) is 5.32 Å². The largest absolute Gasteiger partial charge is 0.352 e. The molecule has 3 heteroatoms. The smallest absolute Gasteiger partial charge is 0.255 e. The molecule has 1 amide bonds. The van der Waals surface area contributed by atoms with Gasteiger partial charge in [0.1, 0.15) is 0 Å². The second kappa shape index (κ2) is 4.09. The van der Waals surface area contributed by atoms with Crippen molar-refractivity contribution in [1.29, 1.82) is 0 Å². The van der Waals surface area contributed by atoms with Crippen molar-refractivity contribution in [3.63, 3.8) is 0 Å². The van der Waals surface area contributed by atoms with Gasteiger partial charge in [0.2, 0.25) is 0 Å². The highest BCUT2D eigenvalue weighted by Gasteiger charge is 2.40. The molecule has 0 aliphatic heterocycles. The fourth-order valence-electron chi connectivity index (χ4n) is 2.58. The fourth-order valence-corrected chi connectivity index (χ4v) is 2.58. The van der Waals surface area contributed by atoms with Crippen LogP contribution in [-0.4, -0.2) is 18.2 Å². The predicted molar refractivity (Wildman–Crippen MR) is 69.1 cm³/mol. The van der Waals surface area contributed by atoms with Crippen molar-refractivity contribution >= 4 is 17.3 Å². The summed E-state index contributed by atoms with van der Waals surface area (Å²) >= 11 is 0. The van der Waals surface area contributed by atoms with Gasteiger partial charge in [-0.05, 0) is 36.8 Å². The quantitative estimate of drug-likeness (QED) is 0.824. The summed E-state index contributed by atoms with van der Waals surface area (Å²) in [5.74, 6) is 0.0641. The van der Waals surface area contributed by atoms with Gasteiger partial charge in [-0.2, -0.15) is 0 Å². The maximum Gasteiger partial charge on any atom is 0.255 e. The Kier molecular flexibility index (Phi) is 2.54. The number of ketones is 1. The summed E-state index contributed by atoms with van der Waals surface area (Å²) in [5.41, 5.74) is 2.99. The molecule has 0 spiro atoms. The van der Waals surface area contributed by atoms with Crippen LogP contribution in [0.2, 0.25) is 0 Å². The zero-order chi connectivity index (χ0) is 12.7. The molecule has 1 aromatic rings. The van der Waals surface area contributed by atoms with E-state index in [1.54, 1.807) is 0 Å². The minimum Gasteiger partial charge on any atom is -0.352 e. The van der Waals surface area contributed by atoms with E-state index in [-0.39, 0.29) is 11.7 Å². The molecular weight excluding hydrogens is 226 g/mol. The van der Waals surface area contributed by atoms with Crippen molar-refractivity contribution in [2.24, 2.45) is 5.92 Å². The Hall–Kier alpha value is -1.90. The first-order valence-corrected chi connectivity index (χ1v) is 6.40. The Morgan fingerprint density at radius 1 is 1.28 bits per heavy atom. The van der Waals surface area contributed by atoms with Crippen molar-refractivity contribution in [3.05, 3.63) is 41.0 Å². The second-order valence-electron chi connectivity index (χ2n) is 4.80. The lowest BCUT2D eigenvalue weighted by atomic mass is 10.0. The monoisotopic (exact) mass is 241 g/mol. The topological polar surface area (TPSA) is 46.2 Å². The standard InChI is InChI=1S/C15H15NO2/c1-2-16-15(18)13-12(9-7-8-9)10-5-3-4-6-11(10)14(13)17/h3-6,9H,2,7-8H2,1H3,(H,16,18). The van der Waals surface area contributed by atoms with Crippen LogP contribution in [0.15, 0.2) is 29.8 Å². The van der Waals surface area contributed by atoms with Crippen LogP contribution in [0.25, 0.3) is 5.57 Å². The molecule has 2 aliphatic carbocycles. The van der Waals surface area contributed by atoms with E-state index in [0.29, 0.717) is 23.6 Å². The van der Waals surface area contributed by atoms with Gasteiger partial charge in [-0.1, -0.05) is 24.3 Å². The first kappa shape index (κ1) is 11.2. The van der Waals surface area contributed by atoms with E-state index in [9.17, 15) is 9.59 Å². The van der Waals surface area contributed by atoms with Gasteiger partial charge >= 0.3 is 0 Å². The van der Waals surface area contributed by atoms with E-state index >= 15 is 0 Å². The fraction of sp³-hybridized carbons (Fsp3) is 0.333. The summed E-state index contributed by atoms with van der Waals surface area (Å²) in [6.45, 7) is 2.41. The molecule has 0 unspecified atom stereocenters. The molecule has 0 radical (unpaired) electrons. The third-order valence-electron chi connectivity index (χ3n) is 3.51. The average Bonchev–Trinajstić information content (AvgIpc) is 3.16. The lowest BCUT2D eigenvalue weighted by molar-refractivity contribution is -0.117. The van der Waals surface area contributed by atoms with Crippen molar-refractivity contribution in [2.45, 2.75) is 19.8 Å². The summed E-state index contributed by atoms with van der Waals surface area (Å²) < 4.78 is 0. The number of hydrogen-bond acceptors (Lipinski definition) is 2.